The second kappa shape index (κ2) is 19.9. The summed E-state index contributed by atoms with van der Waals surface area (Å²) >= 11 is 0. The van der Waals surface area contributed by atoms with Gasteiger partial charge in [-0.2, -0.15) is 0 Å². The van der Waals surface area contributed by atoms with Crippen LogP contribution in [0.2, 0.25) is 0 Å². The summed E-state index contributed by atoms with van der Waals surface area (Å²) in [5.74, 6) is -1.58. The van der Waals surface area contributed by atoms with Crippen molar-refractivity contribution in [1.29, 1.82) is 0 Å². The molecule has 0 unspecified atom stereocenters. The highest BCUT2D eigenvalue weighted by atomic mass is 16.5. The number of aliphatic hydroxyl groups excluding tert-OH is 1. The molecule has 2 aromatic rings. The Kier molecular flexibility index (Phi) is 16.3. The minimum Gasteiger partial charge on any atom is -0.491 e. The van der Waals surface area contributed by atoms with Gasteiger partial charge >= 0.3 is 23.9 Å². The molecule has 0 saturated heterocycles. The van der Waals surface area contributed by atoms with Crippen LogP contribution in [0.15, 0.2) is 30.3 Å². The van der Waals surface area contributed by atoms with E-state index in [0.717, 1.165) is 0 Å². The maximum absolute atomic E-state index is 12.3. The molecule has 0 aliphatic rings. The van der Waals surface area contributed by atoms with Gasteiger partial charge in [-0.15, -0.1) is 0 Å². The number of nitrogens with zero attached hydrogens (tertiary/aromatic N) is 4. The number of pyridine rings is 2. The van der Waals surface area contributed by atoms with Crippen LogP contribution in [0.5, 0.6) is 5.75 Å². The first-order chi connectivity index (χ1) is 21.2. The van der Waals surface area contributed by atoms with Gasteiger partial charge in [0.1, 0.15) is 12.4 Å². The SMILES string of the molecule is CCOC(=O)CN(CC(=O)OCC)Cc1cccc(-c2cc(OCCO)cc(CN(CC(=O)OCC)CC(=O)OCC)n2)n1. The van der Waals surface area contributed by atoms with E-state index >= 15 is 0 Å². The zero-order valence-electron chi connectivity index (χ0n) is 25.8. The van der Waals surface area contributed by atoms with Gasteiger partial charge in [-0.05, 0) is 39.8 Å². The molecule has 0 bridgehead atoms. The van der Waals surface area contributed by atoms with E-state index in [0.29, 0.717) is 28.5 Å². The summed E-state index contributed by atoms with van der Waals surface area (Å²) in [4.78, 5) is 61.4. The van der Waals surface area contributed by atoms with E-state index < -0.39 is 23.9 Å². The predicted molar refractivity (Wildman–Crippen MR) is 157 cm³/mol. The summed E-state index contributed by atoms with van der Waals surface area (Å²) in [5, 5.41) is 9.31. The van der Waals surface area contributed by atoms with Gasteiger partial charge in [-0.1, -0.05) is 6.07 Å². The number of carbonyl (C=O) groups is 4. The van der Waals surface area contributed by atoms with E-state index in [-0.39, 0.29) is 78.9 Å². The van der Waals surface area contributed by atoms with Crippen LogP contribution in [0.4, 0.5) is 0 Å². The number of hydrogen-bond donors (Lipinski definition) is 1. The third kappa shape index (κ3) is 13.4. The van der Waals surface area contributed by atoms with Crippen molar-refractivity contribution in [3.8, 4) is 17.1 Å². The van der Waals surface area contributed by atoms with Crippen LogP contribution in [-0.2, 0) is 51.2 Å². The molecule has 0 amide bonds. The molecular formula is C30H42N4O10. The Hall–Kier alpha value is -4.14. The van der Waals surface area contributed by atoms with Crippen LogP contribution in [-0.4, -0.2) is 115 Å². The summed E-state index contributed by atoms with van der Waals surface area (Å²) in [7, 11) is 0. The highest BCUT2D eigenvalue weighted by Gasteiger charge is 2.20. The van der Waals surface area contributed by atoms with Crippen LogP contribution >= 0.6 is 0 Å². The Labute approximate surface area is 257 Å². The van der Waals surface area contributed by atoms with Gasteiger partial charge < -0.3 is 28.8 Å². The van der Waals surface area contributed by atoms with Gasteiger partial charge in [0.2, 0.25) is 0 Å². The Bertz CT molecular complexity index is 1190. The normalized spacial score (nSPS) is 10.9. The molecule has 0 saturated carbocycles. The average molecular weight is 619 g/mol. The summed E-state index contributed by atoms with van der Waals surface area (Å²) in [6.45, 7) is 7.01. The number of carbonyl (C=O) groups excluding carboxylic acids is 4. The first-order valence-electron chi connectivity index (χ1n) is 14.5. The van der Waals surface area contributed by atoms with Crippen LogP contribution in [0.1, 0.15) is 39.1 Å². The fourth-order valence-electron chi connectivity index (χ4n) is 4.08. The van der Waals surface area contributed by atoms with Crippen LogP contribution in [0.3, 0.4) is 0 Å². The fraction of sp³-hybridized carbons (Fsp3) is 0.533. The Morgan fingerprint density at radius 2 is 1.11 bits per heavy atom. The lowest BCUT2D eigenvalue weighted by atomic mass is 10.2. The number of ether oxygens (including phenoxy) is 5. The molecular weight excluding hydrogens is 576 g/mol. The van der Waals surface area contributed by atoms with Gasteiger partial charge in [0.15, 0.2) is 0 Å². The van der Waals surface area contributed by atoms with Crippen molar-refractivity contribution in [2.75, 3.05) is 65.8 Å². The van der Waals surface area contributed by atoms with Gasteiger partial charge in [-0.3, -0.25) is 29.0 Å². The Balaban J connectivity index is 2.40. The zero-order valence-corrected chi connectivity index (χ0v) is 25.8. The zero-order chi connectivity index (χ0) is 32.3. The maximum Gasteiger partial charge on any atom is 0.320 e. The monoisotopic (exact) mass is 618 g/mol. The summed E-state index contributed by atoms with van der Waals surface area (Å²) in [6, 6.07) is 8.55. The molecule has 0 radical (unpaired) electrons. The third-order valence-electron chi connectivity index (χ3n) is 5.68. The molecule has 0 aliphatic carbocycles. The molecule has 0 spiro atoms. The van der Waals surface area contributed by atoms with E-state index in [1.54, 1.807) is 67.8 Å². The molecule has 0 atom stereocenters. The maximum atomic E-state index is 12.3. The minimum atomic E-state index is -0.505. The molecule has 14 heteroatoms. The number of rotatable bonds is 20. The van der Waals surface area contributed by atoms with Crippen molar-refractivity contribution in [3.63, 3.8) is 0 Å². The first kappa shape index (κ1) is 36.1. The minimum absolute atomic E-state index is 0.0302. The van der Waals surface area contributed by atoms with Crippen LogP contribution in [0.25, 0.3) is 11.4 Å². The topological polar surface area (TPSA) is 167 Å². The van der Waals surface area contributed by atoms with Gasteiger partial charge in [0, 0.05) is 25.2 Å². The molecule has 242 valence electrons. The predicted octanol–water partition coefficient (Wildman–Crippen LogP) is 1.37. The molecule has 0 aliphatic heterocycles. The number of hydrogen-bond acceptors (Lipinski definition) is 14. The van der Waals surface area contributed by atoms with Crippen molar-refractivity contribution in [1.82, 2.24) is 19.8 Å². The van der Waals surface area contributed by atoms with Crippen molar-refractivity contribution >= 4 is 23.9 Å². The third-order valence-corrected chi connectivity index (χ3v) is 5.68. The second-order valence-corrected chi connectivity index (χ2v) is 9.28. The van der Waals surface area contributed by atoms with Crippen LogP contribution in [0, 0.1) is 0 Å². The lowest BCUT2D eigenvalue weighted by Crippen LogP contribution is -2.36. The number of aliphatic hydroxyl groups is 1. The van der Waals surface area contributed by atoms with E-state index in [1.807, 2.05) is 0 Å². The number of aromatic nitrogens is 2. The molecule has 14 nitrogen and oxygen atoms in total. The fourth-order valence-corrected chi connectivity index (χ4v) is 4.08. The number of esters is 4. The van der Waals surface area contributed by atoms with Crippen LogP contribution < -0.4 is 4.74 Å². The summed E-state index contributed by atoms with van der Waals surface area (Å²) < 4.78 is 25.9. The van der Waals surface area contributed by atoms with E-state index in [2.05, 4.69) is 0 Å². The van der Waals surface area contributed by atoms with Gasteiger partial charge in [0.25, 0.3) is 0 Å². The molecule has 0 aromatic carbocycles. The molecule has 44 heavy (non-hydrogen) atoms. The molecule has 2 rings (SSSR count). The highest BCUT2D eigenvalue weighted by Crippen LogP contribution is 2.23. The highest BCUT2D eigenvalue weighted by molar-refractivity contribution is 5.75. The van der Waals surface area contributed by atoms with Crippen molar-refractivity contribution in [3.05, 3.63) is 41.7 Å². The van der Waals surface area contributed by atoms with Crippen molar-refractivity contribution in [2.45, 2.75) is 40.8 Å². The van der Waals surface area contributed by atoms with E-state index in [1.165, 1.54) is 0 Å². The second-order valence-electron chi connectivity index (χ2n) is 9.28. The molecule has 2 heterocycles. The van der Waals surface area contributed by atoms with Crippen molar-refractivity contribution in [2.24, 2.45) is 0 Å². The lowest BCUT2D eigenvalue weighted by molar-refractivity contribution is -0.150. The Morgan fingerprint density at radius 1 is 0.659 bits per heavy atom. The van der Waals surface area contributed by atoms with Gasteiger partial charge in [-0.25, -0.2) is 9.97 Å². The van der Waals surface area contributed by atoms with Crippen molar-refractivity contribution < 1.29 is 48.0 Å². The largest absolute Gasteiger partial charge is 0.491 e. The summed E-state index contributed by atoms with van der Waals surface area (Å²) in [6.07, 6.45) is 0. The van der Waals surface area contributed by atoms with E-state index in [9.17, 15) is 24.3 Å². The Morgan fingerprint density at radius 3 is 1.57 bits per heavy atom. The lowest BCUT2D eigenvalue weighted by Gasteiger charge is -2.21. The smallest absolute Gasteiger partial charge is 0.320 e. The summed E-state index contributed by atoms with van der Waals surface area (Å²) in [5.41, 5.74) is 1.90. The molecule has 0 fully saturated rings. The first-order valence-corrected chi connectivity index (χ1v) is 14.5. The molecule has 1 N–H and O–H groups in total. The standard InChI is InChI=1S/C30H42N4O10/c1-5-40-27(36)18-33(19-28(37)41-6-2)16-22-10-9-11-25(31-22)26-15-24(44-13-12-35)14-23(32-26)17-34(20-29(38)42-7-3)21-30(39)43-8-4/h9-11,14-15,35H,5-8,12-13,16-21H2,1-4H3. The quantitative estimate of drug-likeness (QED) is 0.167. The van der Waals surface area contributed by atoms with E-state index in [4.69, 9.17) is 33.7 Å². The van der Waals surface area contributed by atoms with Gasteiger partial charge in [0.05, 0.1) is 82.0 Å². The average Bonchev–Trinajstić information content (AvgIpc) is 2.96. The molecule has 2 aromatic heterocycles.